The second kappa shape index (κ2) is 7.06. The van der Waals surface area contributed by atoms with Crippen LogP contribution in [0.1, 0.15) is 33.4 Å². The summed E-state index contributed by atoms with van der Waals surface area (Å²) < 4.78 is 10.9. The second-order valence-corrected chi connectivity index (χ2v) is 5.76. The minimum Gasteiger partial charge on any atom is -0.453 e. The van der Waals surface area contributed by atoms with Gasteiger partial charge in [-0.05, 0) is 27.7 Å². The summed E-state index contributed by atoms with van der Waals surface area (Å²) in [7, 11) is 1.21. The summed E-state index contributed by atoms with van der Waals surface area (Å²) in [4.78, 5) is 38.6. The van der Waals surface area contributed by atoms with E-state index >= 15 is 0 Å². The maximum absolute atomic E-state index is 11.9. The van der Waals surface area contributed by atoms with Crippen molar-refractivity contribution in [2.45, 2.75) is 45.8 Å². The number of hydrogen-bond acceptors (Lipinski definition) is 6. The van der Waals surface area contributed by atoms with E-state index < -0.39 is 23.8 Å². The fraction of sp³-hybridized carbons (Fsp3) is 0.571. The van der Waals surface area contributed by atoms with Crippen molar-refractivity contribution >= 4 is 18.0 Å². The SMILES string of the molecule is COC(=O)N[C@@H](Cc1cn(C(=O)OC(C)(C)C)cn1)C(C)=O. The molecule has 0 aliphatic rings. The van der Waals surface area contributed by atoms with E-state index in [1.165, 1.54) is 31.1 Å². The Morgan fingerprint density at radius 1 is 1.36 bits per heavy atom. The van der Waals surface area contributed by atoms with E-state index in [4.69, 9.17) is 4.74 Å². The maximum Gasteiger partial charge on any atom is 0.419 e. The van der Waals surface area contributed by atoms with Gasteiger partial charge in [0.25, 0.3) is 0 Å². The molecule has 0 aliphatic carbocycles. The highest BCUT2D eigenvalue weighted by atomic mass is 16.6. The minimum atomic E-state index is -0.769. The summed E-state index contributed by atoms with van der Waals surface area (Å²) >= 11 is 0. The number of methoxy groups -OCH3 is 1. The Balaban J connectivity index is 2.76. The van der Waals surface area contributed by atoms with Gasteiger partial charge >= 0.3 is 12.2 Å². The normalized spacial score (nSPS) is 12.4. The van der Waals surface area contributed by atoms with Crippen LogP contribution in [0.5, 0.6) is 0 Å². The van der Waals surface area contributed by atoms with Gasteiger partial charge < -0.3 is 14.8 Å². The largest absolute Gasteiger partial charge is 0.453 e. The molecule has 1 aromatic rings. The number of carbonyl (C=O) groups excluding carboxylic acids is 3. The van der Waals surface area contributed by atoms with E-state index in [0.717, 1.165) is 0 Å². The molecule has 1 atom stereocenters. The molecule has 122 valence electrons. The molecule has 0 fully saturated rings. The number of amides is 1. The first kappa shape index (κ1) is 17.7. The van der Waals surface area contributed by atoms with Crippen molar-refractivity contribution < 1.29 is 23.9 Å². The number of ketones is 1. The number of nitrogens with zero attached hydrogens (tertiary/aromatic N) is 2. The lowest BCUT2D eigenvalue weighted by molar-refractivity contribution is -0.118. The van der Waals surface area contributed by atoms with Crippen LogP contribution in [-0.2, 0) is 20.7 Å². The zero-order chi connectivity index (χ0) is 16.9. The van der Waals surface area contributed by atoms with Crippen molar-refractivity contribution in [3.8, 4) is 0 Å². The third-order valence-corrected chi connectivity index (χ3v) is 2.62. The summed E-state index contributed by atoms with van der Waals surface area (Å²) in [5.74, 6) is -0.239. The molecule has 0 bridgehead atoms. The van der Waals surface area contributed by atoms with E-state index in [1.807, 2.05) is 0 Å². The van der Waals surface area contributed by atoms with Crippen LogP contribution in [0, 0.1) is 0 Å². The molecule has 0 saturated heterocycles. The summed E-state index contributed by atoms with van der Waals surface area (Å²) in [5.41, 5.74) is -0.141. The first-order valence-electron chi connectivity index (χ1n) is 6.73. The van der Waals surface area contributed by atoms with E-state index in [0.29, 0.717) is 5.69 Å². The van der Waals surface area contributed by atoms with Gasteiger partial charge in [-0.2, -0.15) is 0 Å². The molecule has 1 N–H and O–H groups in total. The molecule has 1 heterocycles. The first-order valence-corrected chi connectivity index (χ1v) is 6.73. The van der Waals surface area contributed by atoms with Gasteiger partial charge in [0.15, 0.2) is 5.78 Å². The van der Waals surface area contributed by atoms with Crippen molar-refractivity contribution in [3.05, 3.63) is 18.2 Å². The van der Waals surface area contributed by atoms with E-state index in [-0.39, 0.29) is 12.2 Å². The molecule has 1 amide bonds. The third-order valence-electron chi connectivity index (χ3n) is 2.62. The fourth-order valence-corrected chi connectivity index (χ4v) is 1.59. The van der Waals surface area contributed by atoms with Gasteiger partial charge in [0.1, 0.15) is 11.9 Å². The van der Waals surface area contributed by atoms with Gasteiger partial charge in [-0.3, -0.25) is 4.79 Å². The number of imidazole rings is 1. The number of hydrogen-bond donors (Lipinski definition) is 1. The maximum atomic E-state index is 11.9. The molecule has 0 spiro atoms. The van der Waals surface area contributed by atoms with Gasteiger partial charge in [-0.15, -0.1) is 0 Å². The Hall–Kier alpha value is -2.38. The molecule has 0 saturated carbocycles. The Bertz CT molecular complexity index is 559. The highest BCUT2D eigenvalue weighted by Gasteiger charge is 2.21. The Kier molecular flexibility index (Phi) is 5.67. The molecule has 1 aromatic heterocycles. The van der Waals surface area contributed by atoms with Crippen molar-refractivity contribution in [2.75, 3.05) is 7.11 Å². The third kappa shape index (κ3) is 5.55. The molecule has 0 aliphatic heterocycles. The predicted octanol–water partition coefficient (Wildman–Crippen LogP) is 1.52. The number of rotatable bonds is 4. The molecular weight excluding hydrogens is 290 g/mol. The lowest BCUT2D eigenvalue weighted by Gasteiger charge is -2.19. The second-order valence-electron chi connectivity index (χ2n) is 5.76. The summed E-state index contributed by atoms with van der Waals surface area (Å²) in [5, 5.41) is 2.42. The summed E-state index contributed by atoms with van der Waals surface area (Å²) in [6.07, 6.45) is 1.65. The topological polar surface area (TPSA) is 99.5 Å². The van der Waals surface area contributed by atoms with Gasteiger partial charge in [0.05, 0.1) is 18.8 Å². The number of alkyl carbamates (subject to hydrolysis) is 1. The Morgan fingerprint density at radius 3 is 2.50 bits per heavy atom. The van der Waals surface area contributed by atoms with Gasteiger partial charge in [-0.1, -0.05) is 0 Å². The summed E-state index contributed by atoms with van der Waals surface area (Å²) in [6.45, 7) is 6.63. The number of ether oxygens (including phenoxy) is 2. The molecule has 1 rings (SSSR count). The molecule has 0 unspecified atom stereocenters. The molecule has 8 nitrogen and oxygen atoms in total. The van der Waals surface area contributed by atoms with Crippen LogP contribution in [0.15, 0.2) is 12.5 Å². The van der Waals surface area contributed by atoms with Gasteiger partial charge in [0, 0.05) is 12.6 Å². The van der Waals surface area contributed by atoms with E-state index in [9.17, 15) is 14.4 Å². The van der Waals surface area contributed by atoms with E-state index in [1.54, 1.807) is 20.8 Å². The summed E-state index contributed by atoms with van der Waals surface area (Å²) in [6, 6.07) is -0.769. The van der Waals surface area contributed by atoms with Crippen molar-refractivity contribution in [1.82, 2.24) is 14.9 Å². The quantitative estimate of drug-likeness (QED) is 0.905. The van der Waals surface area contributed by atoms with Crippen LogP contribution in [0.4, 0.5) is 9.59 Å². The zero-order valence-electron chi connectivity index (χ0n) is 13.4. The van der Waals surface area contributed by atoms with Crippen LogP contribution in [0.2, 0.25) is 0 Å². The van der Waals surface area contributed by atoms with Crippen LogP contribution in [-0.4, -0.2) is 46.3 Å². The highest BCUT2D eigenvalue weighted by Crippen LogP contribution is 2.10. The van der Waals surface area contributed by atoms with E-state index in [2.05, 4.69) is 15.0 Å². The van der Waals surface area contributed by atoms with Crippen LogP contribution >= 0.6 is 0 Å². The predicted molar refractivity (Wildman–Crippen MR) is 77.6 cm³/mol. The highest BCUT2D eigenvalue weighted by molar-refractivity contribution is 5.85. The number of aromatic nitrogens is 2. The first-order chi connectivity index (χ1) is 10.1. The van der Waals surface area contributed by atoms with Crippen LogP contribution in [0.3, 0.4) is 0 Å². The Morgan fingerprint density at radius 2 is 2.00 bits per heavy atom. The fourth-order valence-electron chi connectivity index (χ4n) is 1.59. The van der Waals surface area contributed by atoms with Crippen molar-refractivity contribution in [3.63, 3.8) is 0 Å². The average molecular weight is 311 g/mol. The Labute approximate surface area is 128 Å². The molecule has 0 radical (unpaired) electrons. The molecule has 8 heteroatoms. The standard InChI is InChI=1S/C14H21N3O5/c1-9(18)11(16-12(19)21-5)6-10-7-17(8-15-10)13(20)22-14(2,3)4/h7-8,11H,6H2,1-5H3,(H,16,19)/t11-/m0/s1. The minimum absolute atomic E-state index is 0.153. The van der Waals surface area contributed by atoms with Gasteiger partial charge in [0.2, 0.25) is 0 Å². The smallest absolute Gasteiger partial charge is 0.419 e. The van der Waals surface area contributed by atoms with Crippen LogP contribution < -0.4 is 5.32 Å². The van der Waals surface area contributed by atoms with Crippen molar-refractivity contribution in [2.24, 2.45) is 0 Å². The number of nitrogens with one attached hydrogen (secondary N) is 1. The average Bonchev–Trinajstić information content (AvgIpc) is 2.84. The molecule has 0 aromatic carbocycles. The number of carbonyl (C=O) groups is 3. The number of Topliss-reactive ketones (excluding diaryl/α,β-unsaturated/α-hetero) is 1. The monoisotopic (exact) mass is 311 g/mol. The molecule has 22 heavy (non-hydrogen) atoms. The molecular formula is C14H21N3O5. The van der Waals surface area contributed by atoms with Crippen molar-refractivity contribution in [1.29, 1.82) is 0 Å². The zero-order valence-corrected chi connectivity index (χ0v) is 13.4. The van der Waals surface area contributed by atoms with Gasteiger partial charge in [-0.25, -0.2) is 19.1 Å². The van der Waals surface area contributed by atoms with Crippen LogP contribution in [0.25, 0.3) is 0 Å². The lowest BCUT2D eigenvalue weighted by atomic mass is 10.1. The lowest BCUT2D eigenvalue weighted by Crippen LogP contribution is -2.41.